The molecule has 0 atom stereocenters. The van der Waals surface area contributed by atoms with Gasteiger partial charge in [-0.25, -0.2) is 0 Å². The summed E-state index contributed by atoms with van der Waals surface area (Å²) >= 11 is 5.71. The maximum absolute atomic E-state index is 10.4. The molecule has 0 spiro atoms. The molecule has 3 heteroatoms. The third kappa shape index (κ3) is 2.24. The summed E-state index contributed by atoms with van der Waals surface area (Å²) in [7, 11) is 0. The van der Waals surface area contributed by atoms with E-state index in [1.165, 1.54) is 0 Å². The molecule has 0 aliphatic rings. The smallest absolute Gasteiger partial charge is 0.307 e. The normalized spacial score (nSPS) is 9.83. The second-order valence-electron chi connectivity index (χ2n) is 2.64. The summed E-state index contributed by atoms with van der Waals surface area (Å²) in [4.78, 5) is 10.4. The van der Waals surface area contributed by atoms with Crippen LogP contribution in [0.5, 0.6) is 0 Å². The Balaban J connectivity index is 2.97. The highest BCUT2D eigenvalue weighted by Gasteiger charge is 2.03. The fraction of sp³-hybridized carbons (Fsp3) is 0.222. The minimum atomic E-state index is -0.833. The summed E-state index contributed by atoms with van der Waals surface area (Å²) in [5.74, 6) is -0.833. The second kappa shape index (κ2) is 3.59. The molecule has 0 unspecified atom stereocenters. The molecule has 12 heavy (non-hydrogen) atoms. The minimum absolute atomic E-state index is 0.0341. The summed E-state index contributed by atoms with van der Waals surface area (Å²) in [5.41, 5.74) is 1.73. The first-order chi connectivity index (χ1) is 5.59. The van der Waals surface area contributed by atoms with E-state index in [0.717, 1.165) is 11.1 Å². The van der Waals surface area contributed by atoms with E-state index in [1.54, 1.807) is 12.1 Å². The van der Waals surface area contributed by atoms with Crippen molar-refractivity contribution in [3.05, 3.63) is 34.3 Å². The number of benzene rings is 1. The quantitative estimate of drug-likeness (QED) is 0.766. The summed E-state index contributed by atoms with van der Waals surface area (Å²) in [6.45, 7) is 1.87. The first-order valence-corrected chi connectivity index (χ1v) is 3.94. The lowest BCUT2D eigenvalue weighted by molar-refractivity contribution is -0.136. The number of carboxylic acid groups (broad SMARTS) is 1. The molecule has 1 aromatic rings. The van der Waals surface area contributed by atoms with Crippen molar-refractivity contribution in [1.82, 2.24) is 0 Å². The summed E-state index contributed by atoms with van der Waals surface area (Å²) in [6, 6.07) is 5.26. The molecule has 1 N–H and O–H groups in total. The van der Waals surface area contributed by atoms with E-state index in [9.17, 15) is 4.79 Å². The van der Waals surface area contributed by atoms with Crippen LogP contribution in [-0.2, 0) is 11.2 Å². The SMILES string of the molecule is Cc1ccc(Cl)cc1CC(=O)O. The number of carbonyl (C=O) groups is 1. The van der Waals surface area contributed by atoms with E-state index in [4.69, 9.17) is 16.7 Å². The summed E-state index contributed by atoms with van der Waals surface area (Å²) < 4.78 is 0. The predicted molar refractivity (Wildman–Crippen MR) is 47.5 cm³/mol. The van der Waals surface area contributed by atoms with Crippen LogP contribution in [0.25, 0.3) is 0 Å². The molecule has 2 nitrogen and oxygen atoms in total. The molecule has 0 bridgehead atoms. The number of halogens is 1. The maximum Gasteiger partial charge on any atom is 0.307 e. The molecular formula is C9H9ClO2. The van der Waals surface area contributed by atoms with Gasteiger partial charge in [0.25, 0.3) is 0 Å². The van der Waals surface area contributed by atoms with Gasteiger partial charge in [0.1, 0.15) is 0 Å². The zero-order valence-corrected chi connectivity index (χ0v) is 7.43. The number of carboxylic acids is 1. The first-order valence-electron chi connectivity index (χ1n) is 3.56. The van der Waals surface area contributed by atoms with Gasteiger partial charge in [-0.2, -0.15) is 0 Å². The van der Waals surface area contributed by atoms with E-state index in [2.05, 4.69) is 0 Å². The van der Waals surface area contributed by atoms with Gasteiger partial charge in [-0.3, -0.25) is 4.79 Å². The highest BCUT2D eigenvalue weighted by molar-refractivity contribution is 6.30. The van der Waals surface area contributed by atoms with Gasteiger partial charge >= 0.3 is 5.97 Å². The standard InChI is InChI=1S/C9H9ClO2/c1-6-2-3-8(10)4-7(6)5-9(11)12/h2-4H,5H2,1H3,(H,11,12). The van der Waals surface area contributed by atoms with Crippen molar-refractivity contribution < 1.29 is 9.90 Å². The van der Waals surface area contributed by atoms with Gasteiger partial charge in [0.05, 0.1) is 6.42 Å². The molecule has 0 heterocycles. The molecule has 0 amide bonds. The third-order valence-corrected chi connectivity index (χ3v) is 1.89. The molecule has 0 aliphatic carbocycles. The molecule has 1 rings (SSSR count). The third-order valence-electron chi connectivity index (χ3n) is 1.65. The Hall–Kier alpha value is -1.02. The zero-order chi connectivity index (χ0) is 9.14. The van der Waals surface area contributed by atoms with Gasteiger partial charge < -0.3 is 5.11 Å². The lowest BCUT2D eigenvalue weighted by atomic mass is 10.1. The van der Waals surface area contributed by atoms with E-state index >= 15 is 0 Å². The van der Waals surface area contributed by atoms with Crippen molar-refractivity contribution in [3.63, 3.8) is 0 Å². The number of hydrogen-bond donors (Lipinski definition) is 1. The number of hydrogen-bond acceptors (Lipinski definition) is 1. The van der Waals surface area contributed by atoms with Crippen molar-refractivity contribution in [3.8, 4) is 0 Å². The number of aliphatic carboxylic acids is 1. The fourth-order valence-corrected chi connectivity index (χ4v) is 1.19. The molecule has 1 aromatic carbocycles. The van der Waals surface area contributed by atoms with Crippen LogP contribution in [0.4, 0.5) is 0 Å². The Morgan fingerprint density at radius 1 is 1.58 bits per heavy atom. The van der Waals surface area contributed by atoms with E-state index in [1.807, 2.05) is 13.0 Å². The maximum atomic E-state index is 10.4. The molecule has 0 fully saturated rings. The molecule has 0 saturated heterocycles. The monoisotopic (exact) mass is 184 g/mol. The van der Waals surface area contributed by atoms with Crippen molar-refractivity contribution in [2.24, 2.45) is 0 Å². The van der Waals surface area contributed by atoms with E-state index in [-0.39, 0.29) is 6.42 Å². The molecule has 0 aromatic heterocycles. The van der Waals surface area contributed by atoms with Gasteiger partial charge in [0, 0.05) is 5.02 Å². The van der Waals surface area contributed by atoms with Crippen LogP contribution in [0, 0.1) is 6.92 Å². The molecule has 0 saturated carbocycles. The number of aryl methyl sites for hydroxylation is 1. The lowest BCUT2D eigenvalue weighted by Gasteiger charge is -2.02. The summed E-state index contributed by atoms with van der Waals surface area (Å²) in [5, 5.41) is 9.12. The Labute approximate surface area is 75.8 Å². The van der Waals surface area contributed by atoms with Gasteiger partial charge in [-0.1, -0.05) is 17.7 Å². The second-order valence-corrected chi connectivity index (χ2v) is 3.08. The van der Waals surface area contributed by atoms with Crippen LogP contribution in [0.2, 0.25) is 5.02 Å². The Kier molecular flexibility index (Phi) is 2.71. The first kappa shape index (κ1) is 9.07. The van der Waals surface area contributed by atoms with Crippen LogP contribution in [-0.4, -0.2) is 11.1 Å². The molecular weight excluding hydrogens is 176 g/mol. The average molecular weight is 185 g/mol. The van der Waals surface area contributed by atoms with Crippen molar-refractivity contribution in [2.45, 2.75) is 13.3 Å². The van der Waals surface area contributed by atoms with Crippen LogP contribution in [0.3, 0.4) is 0 Å². The molecule has 64 valence electrons. The van der Waals surface area contributed by atoms with Gasteiger partial charge in [-0.05, 0) is 30.2 Å². The van der Waals surface area contributed by atoms with Crippen LogP contribution in [0.1, 0.15) is 11.1 Å². The molecule has 0 aliphatic heterocycles. The topological polar surface area (TPSA) is 37.3 Å². The predicted octanol–water partition coefficient (Wildman–Crippen LogP) is 2.28. The zero-order valence-electron chi connectivity index (χ0n) is 6.67. The Morgan fingerprint density at radius 3 is 2.83 bits per heavy atom. The van der Waals surface area contributed by atoms with Crippen LogP contribution < -0.4 is 0 Å². The number of rotatable bonds is 2. The van der Waals surface area contributed by atoms with Crippen molar-refractivity contribution in [2.75, 3.05) is 0 Å². The highest BCUT2D eigenvalue weighted by atomic mass is 35.5. The summed E-state index contributed by atoms with van der Waals surface area (Å²) in [6.07, 6.45) is 0.0341. The van der Waals surface area contributed by atoms with Crippen LogP contribution >= 0.6 is 11.6 Å². The van der Waals surface area contributed by atoms with Gasteiger partial charge in [-0.15, -0.1) is 0 Å². The highest BCUT2D eigenvalue weighted by Crippen LogP contribution is 2.15. The van der Waals surface area contributed by atoms with E-state index < -0.39 is 5.97 Å². The van der Waals surface area contributed by atoms with Gasteiger partial charge in [0.2, 0.25) is 0 Å². The average Bonchev–Trinajstić information content (AvgIpc) is 1.96. The van der Waals surface area contributed by atoms with E-state index in [0.29, 0.717) is 5.02 Å². The van der Waals surface area contributed by atoms with Crippen molar-refractivity contribution in [1.29, 1.82) is 0 Å². The van der Waals surface area contributed by atoms with Gasteiger partial charge in [0.15, 0.2) is 0 Å². The minimum Gasteiger partial charge on any atom is -0.481 e. The van der Waals surface area contributed by atoms with Crippen molar-refractivity contribution >= 4 is 17.6 Å². The Bertz CT molecular complexity index is 307. The fourth-order valence-electron chi connectivity index (χ4n) is 0.993. The van der Waals surface area contributed by atoms with Crippen LogP contribution in [0.15, 0.2) is 18.2 Å². The largest absolute Gasteiger partial charge is 0.481 e. The molecule has 0 radical (unpaired) electrons. The lowest BCUT2D eigenvalue weighted by Crippen LogP contribution is -2.01. The Morgan fingerprint density at radius 2 is 2.25 bits per heavy atom.